The van der Waals surface area contributed by atoms with Crippen LogP contribution in [0.4, 0.5) is 0 Å². The summed E-state index contributed by atoms with van der Waals surface area (Å²) >= 11 is 0. The molecule has 0 aliphatic rings. The lowest BCUT2D eigenvalue weighted by atomic mass is 10.0. The molecule has 1 heterocycles. The third-order valence-corrected chi connectivity index (χ3v) is 3.27. The zero-order valence-electron chi connectivity index (χ0n) is 15.3. The largest absolute Gasteiger partial charge is 0.507 e. The Bertz CT molecular complexity index is 1130. The first-order chi connectivity index (χ1) is 11.9. The van der Waals surface area contributed by atoms with Gasteiger partial charge in [0.2, 0.25) is 0 Å². The van der Waals surface area contributed by atoms with Crippen molar-refractivity contribution in [2.24, 2.45) is 0 Å². The fraction of sp³-hybridized carbons (Fsp3) is 0. The zero-order valence-corrected chi connectivity index (χ0v) is 10.3. The van der Waals surface area contributed by atoms with Crippen LogP contribution in [0.5, 0.6) is 5.75 Å². The molecule has 0 aliphatic heterocycles. The van der Waals surface area contributed by atoms with Crippen LogP contribution < -0.4 is 0 Å². The van der Waals surface area contributed by atoms with Gasteiger partial charge in [0.05, 0.1) is 12.2 Å². The van der Waals surface area contributed by atoms with Gasteiger partial charge in [0.25, 0.3) is 0 Å². The van der Waals surface area contributed by atoms with Gasteiger partial charge in [0.15, 0.2) is 0 Å². The summed E-state index contributed by atoms with van der Waals surface area (Å²) in [6.07, 6.45) is 0. The molecule has 1 N–H and O–H groups in total. The van der Waals surface area contributed by atoms with Crippen molar-refractivity contribution in [3.8, 4) is 16.9 Å². The molecule has 2 heteroatoms. The lowest BCUT2D eigenvalue weighted by molar-refractivity contribution is 0.481. The molecule has 0 fully saturated rings. The number of phenols is 1. The standard InChI is InChI=1S/C18H12O2/c19-15-10-5-11-16-17(15)14-9-4-8-13(18(14)20-16)12-6-2-1-3-7-12/h1-11,19H/i1D,2D,3D,6D,7D. The monoisotopic (exact) mass is 265 g/mol. The number of hydrogen-bond acceptors (Lipinski definition) is 2. The van der Waals surface area contributed by atoms with Gasteiger partial charge in [-0.3, -0.25) is 0 Å². The van der Waals surface area contributed by atoms with E-state index in [4.69, 9.17) is 11.3 Å². The summed E-state index contributed by atoms with van der Waals surface area (Å²) in [5.41, 5.74) is 1.31. The summed E-state index contributed by atoms with van der Waals surface area (Å²) in [7, 11) is 0. The van der Waals surface area contributed by atoms with Crippen LogP contribution in [-0.4, -0.2) is 5.11 Å². The summed E-state index contributed by atoms with van der Waals surface area (Å²) in [6.45, 7) is 0. The van der Waals surface area contributed by atoms with Crippen molar-refractivity contribution in [1.29, 1.82) is 0 Å². The number of para-hydroxylation sites is 1. The van der Waals surface area contributed by atoms with Crippen LogP contribution in [0.2, 0.25) is 0 Å². The molecule has 0 aliphatic carbocycles. The van der Waals surface area contributed by atoms with Crippen molar-refractivity contribution < 1.29 is 16.4 Å². The highest BCUT2D eigenvalue weighted by atomic mass is 16.3. The average molecular weight is 265 g/mol. The maximum Gasteiger partial charge on any atom is 0.143 e. The molecule has 1 aromatic heterocycles. The van der Waals surface area contributed by atoms with E-state index in [1.165, 1.54) is 0 Å². The van der Waals surface area contributed by atoms with Gasteiger partial charge in [-0.15, -0.1) is 0 Å². The van der Waals surface area contributed by atoms with E-state index >= 15 is 0 Å². The van der Waals surface area contributed by atoms with Gasteiger partial charge in [-0.05, 0) is 17.7 Å². The van der Waals surface area contributed by atoms with Crippen molar-refractivity contribution in [2.45, 2.75) is 0 Å². The van der Waals surface area contributed by atoms with Crippen LogP contribution in [0.15, 0.2) is 71.0 Å². The normalized spacial score (nSPS) is 14.7. The minimum absolute atomic E-state index is 0.0643. The van der Waals surface area contributed by atoms with Crippen LogP contribution in [0, 0.1) is 0 Å². The Morgan fingerprint density at radius 1 is 0.950 bits per heavy atom. The second-order valence-corrected chi connectivity index (χ2v) is 4.43. The van der Waals surface area contributed by atoms with Crippen molar-refractivity contribution in [1.82, 2.24) is 0 Å². The Kier molecular flexibility index (Phi) is 1.48. The van der Waals surface area contributed by atoms with E-state index in [9.17, 15) is 5.11 Å². The summed E-state index contributed by atoms with van der Waals surface area (Å²) in [6, 6.07) is 8.23. The molecule has 0 saturated heterocycles. The third kappa shape index (κ3) is 1.51. The Balaban J connectivity index is 2.17. The molecule has 0 radical (unpaired) electrons. The molecule has 20 heavy (non-hydrogen) atoms. The van der Waals surface area contributed by atoms with E-state index in [0.29, 0.717) is 27.5 Å². The molecule has 4 aromatic rings. The topological polar surface area (TPSA) is 33.4 Å². The number of fused-ring (bicyclic) bond motifs is 3. The summed E-state index contributed by atoms with van der Waals surface area (Å²) < 4.78 is 45.6. The molecular weight excluding hydrogens is 248 g/mol. The maximum absolute atomic E-state index is 10.1. The summed E-state index contributed by atoms with van der Waals surface area (Å²) in [5.74, 6) is 0.0643. The highest BCUT2D eigenvalue weighted by Crippen LogP contribution is 2.39. The van der Waals surface area contributed by atoms with Crippen LogP contribution in [0.25, 0.3) is 33.1 Å². The molecule has 2 nitrogen and oxygen atoms in total. The van der Waals surface area contributed by atoms with Crippen LogP contribution in [-0.2, 0) is 0 Å². The first-order valence-electron chi connectivity index (χ1n) is 8.62. The SMILES string of the molecule is [2H]c1c([2H])c([2H])c(-c2cccc3c2oc2cccc(O)c23)c([2H])c1[2H]. The number of hydrogen-bond donors (Lipinski definition) is 1. The van der Waals surface area contributed by atoms with Crippen LogP contribution in [0.1, 0.15) is 6.85 Å². The molecule has 96 valence electrons. The smallest absolute Gasteiger partial charge is 0.143 e. The van der Waals surface area contributed by atoms with Gasteiger partial charge in [-0.2, -0.15) is 0 Å². The summed E-state index contributed by atoms with van der Waals surface area (Å²) in [4.78, 5) is 0. The lowest BCUT2D eigenvalue weighted by Crippen LogP contribution is -1.77. The minimum atomic E-state index is -0.437. The van der Waals surface area contributed by atoms with E-state index < -0.39 is 18.1 Å². The van der Waals surface area contributed by atoms with E-state index in [2.05, 4.69) is 0 Å². The number of phenolic OH excluding ortho intramolecular Hbond substituents is 1. The first kappa shape index (κ1) is 7.15. The molecule has 4 rings (SSSR count). The molecule has 0 saturated carbocycles. The second-order valence-electron chi connectivity index (χ2n) is 4.43. The van der Waals surface area contributed by atoms with E-state index in [1.54, 1.807) is 36.4 Å². The Morgan fingerprint density at radius 2 is 1.75 bits per heavy atom. The molecule has 0 amide bonds. The van der Waals surface area contributed by atoms with Gasteiger partial charge in [0, 0.05) is 10.9 Å². The van der Waals surface area contributed by atoms with E-state index in [0.717, 1.165) is 0 Å². The zero-order chi connectivity index (χ0) is 17.9. The van der Waals surface area contributed by atoms with Crippen LogP contribution >= 0.6 is 0 Å². The third-order valence-electron chi connectivity index (χ3n) is 3.27. The van der Waals surface area contributed by atoms with Crippen molar-refractivity contribution in [3.05, 3.63) is 66.6 Å². The van der Waals surface area contributed by atoms with Crippen molar-refractivity contribution >= 4 is 21.9 Å². The van der Waals surface area contributed by atoms with E-state index in [1.807, 2.05) is 0 Å². The van der Waals surface area contributed by atoms with Gasteiger partial charge in [0.1, 0.15) is 16.9 Å². The van der Waals surface area contributed by atoms with Crippen molar-refractivity contribution in [3.63, 3.8) is 0 Å². The van der Waals surface area contributed by atoms with E-state index in [-0.39, 0.29) is 23.4 Å². The Labute approximate surface area is 122 Å². The summed E-state index contributed by atoms with van der Waals surface area (Å²) in [5, 5.41) is 11.3. The number of furan rings is 1. The molecular formula is C18H12O2. The lowest BCUT2D eigenvalue weighted by Gasteiger charge is -2.01. The number of rotatable bonds is 1. The molecule has 0 spiro atoms. The fourth-order valence-electron chi connectivity index (χ4n) is 2.41. The number of benzene rings is 3. The Hall–Kier alpha value is -2.74. The predicted molar refractivity (Wildman–Crippen MR) is 80.8 cm³/mol. The van der Waals surface area contributed by atoms with Gasteiger partial charge in [-0.1, -0.05) is 54.5 Å². The Morgan fingerprint density at radius 3 is 2.60 bits per heavy atom. The highest BCUT2D eigenvalue weighted by molar-refractivity contribution is 6.11. The first-order valence-corrected chi connectivity index (χ1v) is 6.12. The van der Waals surface area contributed by atoms with Crippen LogP contribution in [0.3, 0.4) is 0 Å². The predicted octanol–water partition coefficient (Wildman–Crippen LogP) is 4.96. The quantitative estimate of drug-likeness (QED) is 0.527. The van der Waals surface area contributed by atoms with Gasteiger partial charge in [-0.25, -0.2) is 0 Å². The highest BCUT2D eigenvalue weighted by Gasteiger charge is 2.13. The fourth-order valence-corrected chi connectivity index (χ4v) is 2.41. The van der Waals surface area contributed by atoms with Gasteiger partial charge < -0.3 is 9.52 Å². The second kappa shape index (κ2) is 4.14. The molecule has 3 aromatic carbocycles. The average Bonchev–Trinajstić information content (AvgIpc) is 2.99. The van der Waals surface area contributed by atoms with Crippen molar-refractivity contribution in [2.75, 3.05) is 0 Å². The van der Waals surface area contributed by atoms with Gasteiger partial charge >= 0.3 is 0 Å². The maximum atomic E-state index is 10.1. The molecule has 0 unspecified atom stereocenters. The minimum Gasteiger partial charge on any atom is -0.507 e. The molecule has 0 bridgehead atoms. The molecule has 0 atom stereocenters. The number of aromatic hydroxyl groups is 1.